The molecule has 6 heteroatoms. The topological polar surface area (TPSA) is 75.1 Å². The minimum Gasteiger partial charge on any atom is -0.497 e. The van der Waals surface area contributed by atoms with Crippen molar-refractivity contribution in [3.05, 3.63) is 23.8 Å². The number of aliphatic hydroxyl groups excluding tert-OH is 1. The first kappa shape index (κ1) is 19.1. The lowest BCUT2D eigenvalue weighted by Crippen LogP contribution is -2.39. The largest absolute Gasteiger partial charge is 0.497 e. The van der Waals surface area contributed by atoms with Gasteiger partial charge in [-0.25, -0.2) is 0 Å². The Labute approximate surface area is 138 Å². The third-order valence-electron chi connectivity index (χ3n) is 3.18. The van der Waals surface area contributed by atoms with Gasteiger partial charge < -0.3 is 25.2 Å². The molecular formula is C17H29N3O3. The van der Waals surface area contributed by atoms with Gasteiger partial charge in [-0.1, -0.05) is 13.8 Å². The zero-order valence-electron chi connectivity index (χ0n) is 14.7. The van der Waals surface area contributed by atoms with Crippen molar-refractivity contribution in [2.45, 2.75) is 26.9 Å². The molecular weight excluding hydrogens is 294 g/mol. The highest BCUT2D eigenvalue weighted by Gasteiger charge is 2.12. The molecule has 23 heavy (non-hydrogen) atoms. The van der Waals surface area contributed by atoms with E-state index in [9.17, 15) is 5.11 Å². The second kappa shape index (κ2) is 9.94. The first-order chi connectivity index (χ1) is 11.0. The number of nitrogens with zero attached hydrogens (tertiary/aromatic N) is 1. The number of methoxy groups -OCH3 is 2. The summed E-state index contributed by atoms with van der Waals surface area (Å²) in [4.78, 5) is 4.48. The minimum atomic E-state index is -0.693. The fourth-order valence-electron chi connectivity index (χ4n) is 1.95. The van der Waals surface area contributed by atoms with Gasteiger partial charge in [-0.15, -0.1) is 0 Å². The predicted molar refractivity (Wildman–Crippen MR) is 93.3 cm³/mol. The Bertz CT molecular complexity index is 482. The summed E-state index contributed by atoms with van der Waals surface area (Å²) >= 11 is 0. The molecule has 0 bridgehead atoms. The van der Waals surface area contributed by atoms with Crippen molar-refractivity contribution in [2.24, 2.45) is 10.9 Å². The second-order valence-electron chi connectivity index (χ2n) is 5.66. The Hall–Kier alpha value is -1.95. The number of nitrogens with one attached hydrogen (secondary N) is 2. The monoisotopic (exact) mass is 323 g/mol. The van der Waals surface area contributed by atoms with Crippen molar-refractivity contribution < 1.29 is 14.6 Å². The average Bonchev–Trinajstić information content (AvgIpc) is 2.56. The fraction of sp³-hybridized carbons (Fsp3) is 0.588. The number of hydrogen-bond acceptors (Lipinski definition) is 4. The molecule has 0 radical (unpaired) electrons. The van der Waals surface area contributed by atoms with Crippen LogP contribution in [0.25, 0.3) is 0 Å². The van der Waals surface area contributed by atoms with E-state index in [1.165, 1.54) is 0 Å². The van der Waals surface area contributed by atoms with Gasteiger partial charge in [0.05, 0.1) is 20.3 Å². The van der Waals surface area contributed by atoms with E-state index in [4.69, 9.17) is 9.47 Å². The molecule has 0 aliphatic rings. The van der Waals surface area contributed by atoms with Crippen LogP contribution in [0.4, 0.5) is 0 Å². The van der Waals surface area contributed by atoms with E-state index in [1.54, 1.807) is 32.4 Å². The molecule has 0 heterocycles. The van der Waals surface area contributed by atoms with Crippen LogP contribution in [0, 0.1) is 5.92 Å². The van der Waals surface area contributed by atoms with Gasteiger partial charge in [-0.2, -0.15) is 0 Å². The first-order valence-corrected chi connectivity index (χ1v) is 7.93. The molecule has 0 fully saturated rings. The first-order valence-electron chi connectivity index (χ1n) is 7.93. The molecule has 0 aromatic heterocycles. The van der Waals surface area contributed by atoms with Crippen LogP contribution in [0.1, 0.15) is 32.4 Å². The van der Waals surface area contributed by atoms with Gasteiger partial charge in [0.15, 0.2) is 5.96 Å². The molecule has 0 spiro atoms. The van der Waals surface area contributed by atoms with Crippen LogP contribution in [0.2, 0.25) is 0 Å². The van der Waals surface area contributed by atoms with Crippen molar-refractivity contribution in [3.63, 3.8) is 0 Å². The van der Waals surface area contributed by atoms with Crippen LogP contribution in [0.15, 0.2) is 23.2 Å². The number of ether oxygens (including phenoxy) is 2. The number of aliphatic hydroxyl groups is 1. The molecule has 1 rings (SSSR count). The lowest BCUT2D eigenvalue weighted by molar-refractivity contribution is 0.180. The molecule has 0 amide bonds. The van der Waals surface area contributed by atoms with Gasteiger partial charge in [0.25, 0.3) is 0 Å². The highest BCUT2D eigenvalue weighted by Crippen LogP contribution is 2.26. The van der Waals surface area contributed by atoms with Crippen LogP contribution >= 0.6 is 0 Å². The van der Waals surface area contributed by atoms with Gasteiger partial charge >= 0.3 is 0 Å². The third-order valence-corrected chi connectivity index (χ3v) is 3.18. The van der Waals surface area contributed by atoms with Crippen LogP contribution in [0.5, 0.6) is 11.5 Å². The maximum absolute atomic E-state index is 10.4. The molecule has 0 saturated carbocycles. The summed E-state index contributed by atoms with van der Waals surface area (Å²) in [6, 6.07) is 5.37. The Balaban J connectivity index is 2.73. The smallest absolute Gasteiger partial charge is 0.191 e. The molecule has 0 saturated heterocycles. The van der Waals surface area contributed by atoms with E-state index in [0.29, 0.717) is 29.9 Å². The molecule has 1 aromatic carbocycles. The molecule has 3 N–H and O–H groups in total. The number of hydrogen-bond donors (Lipinski definition) is 3. The number of guanidine groups is 1. The summed E-state index contributed by atoms with van der Waals surface area (Å²) in [7, 11) is 3.18. The zero-order valence-corrected chi connectivity index (χ0v) is 14.7. The quantitative estimate of drug-likeness (QED) is 0.504. The molecule has 1 unspecified atom stereocenters. The molecule has 6 nitrogen and oxygen atoms in total. The third kappa shape index (κ3) is 6.78. The van der Waals surface area contributed by atoms with Crippen LogP contribution in [-0.2, 0) is 0 Å². The molecule has 130 valence electrons. The molecule has 0 aliphatic heterocycles. The van der Waals surface area contributed by atoms with E-state index in [0.717, 1.165) is 18.7 Å². The summed E-state index contributed by atoms with van der Waals surface area (Å²) in [5, 5.41) is 16.7. The van der Waals surface area contributed by atoms with E-state index < -0.39 is 6.10 Å². The van der Waals surface area contributed by atoms with Crippen LogP contribution < -0.4 is 20.1 Å². The van der Waals surface area contributed by atoms with E-state index in [1.807, 2.05) is 6.92 Å². The Morgan fingerprint density at radius 2 is 1.74 bits per heavy atom. The Morgan fingerprint density at radius 3 is 2.22 bits per heavy atom. The second-order valence-corrected chi connectivity index (χ2v) is 5.66. The van der Waals surface area contributed by atoms with E-state index in [-0.39, 0.29) is 0 Å². The van der Waals surface area contributed by atoms with Crippen molar-refractivity contribution in [3.8, 4) is 11.5 Å². The van der Waals surface area contributed by atoms with Crippen molar-refractivity contribution in [1.82, 2.24) is 10.6 Å². The maximum Gasteiger partial charge on any atom is 0.191 e. The lowest BCUT2D eigenvalue weighted by Gasteiger charge is -2.17. The summed E-state index contributed by atoms with van der Waals surface area (Å²) < 4.78 is 10.5. The summed E-state index contributed by atoms with van der Waals surface area (Å²) in [6.45, 7) is 8.09. The van der Waals surface area contributed by atoms with Gasteiger partial charge in [-0.3, -0.25) is 4.99 Å². The van der Waals surface area contributed by atoms with Gasteiger partial charge in [0.2, 0.25) is 0 Å². The summed E-state index contributed by atoms with van der Waals surface area (Å²) in [5.74, 6) is 2.49. The van der Waals surface area contributed by atoms with Crippen molar-refractivity contribution in [1.29, 1.82) is 0 Å². The van der Waals surface area contributed by atoms with Crippen molar-refractivity contribution in [2.75, 3.05) is 33.9 Å². The standard InChI is InChI=1S/C17H29N3O3/c1-6-18-17(19-10-12(2)3)20-11-16(21)13-7-14(22-4)9-15(8-13)23-5/h7-9,12,16,21H,6,10-11H2,1-5H3,(H2,18,19,20). The van der Waals surface area contributed by atoms with Gasteiger partial charge in [0, 0.05) is 25.7 Å². The molecule has 1 atom stereocenters. The lowest BCUT2D eigenvalue weighted by atomic mass is 10.1. The van der Waals surface area contributed by atoms with Gasteiger partial charge in [0.1, 0.15) is 11.5 Å². The average molecular weight is 323 g/mol. The van der Waals surface area contributed by atoms with Crippen LogP contribution in [-0.4, -0.2) is 44.9 Å². The number of benzene rings is 1. The summed E-state index contributed by atoms with van der Waals surface area (Å²) in [5.41, 5.74) is 0.730. The Morgan fingerprint density at radius 1 is 1.13 bits per heavy atom. The van der Waals surface area contributed by atoms with E-state index in [2.05, 4.69) is 29.5 Å². The highest BCUT2D eigenvalue weighted by molar-refractivity contribution is 5.79. The summed E-state index contributed by atoms with van der Waals surface area (Å²) in [6.07, 6.45) is -0.693. The highest BCUT2D eigenvalue weighted by atomic mass is 16.5. The predicted octanol–water partition coefficient (Wildman–Crippen LogP) is 1.95. The van der Waals surface area contributed by atoms with Crippen LogP contribution in [0.3, 0.4) is 0 Å². The fourth-order valence-corrected chi connectivity index (χ4v) is 1.95. The Kier molecular flexibility index (Phi) is 8.26. The number of rotatable bonds is 8. The minimum absolute atomic E-state index is 0.347. The normalized spacial score (nSPS) is 12.9. The molecule has 1 aromatic rings. The number of aliphatic imine (C=N–C) groups is 1. The zero-order chi connectivity index (χ0) is 17.2. The molecule has 0 aliphatic carbocycles. The SMILES string of the molecule is CCNC(=NCC(C)C)NCC(O)c1cc(OC)cc(OC)c1. The maximum atomic E-state index is 10.4. The van der Waals surface area contributed by atoms with Gasteiger partial charge in [-0.05, 0) is 30.5 Å². The van der Waals surface area contributed by atoms with Crippen molar-refractivity contribution >= 4 is 5.96 Å². The van der Waals surface area contributed by atoms with E-state index >= 15 is 0 Å².